The van der Waals surface area contributed by atoms with Gasteiger partial charge in [0.2, 0.25) is 0 Å². The number of thiazole rings is 1. The highest BCUT2D eigenvalue weighted by Gasteiger charge is 2.20. The van der Waals surface area contributed by atoms with Gasteiger partial charge in [0.05, 0.1) is 12.2 Å². The SMILES string of the molecule is O=C(O)CCC1CCN(Cc2nc(-c3ccc(F)cc3)cs2)CC1. The van der Waals surface area contributed by atoms with E-state index in [1.807, 2.05) is 5.38 Å². The number of halogens is 1. The molecule has 4 nitrogen and oxygen atoms in total. The van der Waals surface area contributed by atoms with Crippen molar-refractivity contribution in [2.24, 2.45) is 5.92 Å². The predicted molar refractivity (Wildman–Crippen MR) is 92.4 cm³/mol. The number of hydrogen-bond donors (Lipinski definition) is 1. The van der Waals surface area contributed by atoms with Crippen LogP contribution in [-0.2, 0) is 11.3 Å². The Morgan fingerprint density at radius 3 is 2.67 bits per heavy atom. The van der Waals surface area contributed by atoms with Gasteiger partial charge in [0.15, 0.2) is 0 Å². The third-order valence-electron chi connectivity index (χ3n) is 4.52. The fourth-order valence-electron chi connectivity index (χ4n) is 3.09. The minimum atomic E-state index is -0.700. The first-order valence-electron chi connectivity index (χ1n) is 8.24. The molecule has 0 spiro atoms. The Labute approximate surface area is 145 Å². The lowest BCUT2D eigenvalue weighted by Gasteiger charge is -2.31. The Bertz CT molecular complexity index is 679. The first-order chi connectivity index (χ1) is 11.6. The maximum atomic E-state index is 13.0. The smallest absolute Gasteiger partial charge is 0.303 e. The molecular weight excluding hydrogens is 327 g/mol. The van der Waals surface area contributed by atoms with E-state index < -0.39 is 5.97 Å². The van der Waals surface area contributed by atoms with Crippen LogP contribution >= 0.6 is 11.3 Å². The Balaban J connectivity index is 1.51. The van der Waals surface area contributed by atoms with Crippen LogP contribution < -0.4 is 0 Å². The van der Waals surface area contributed by atoms with Gasteiger partial charge in [-0.1, -0.05) is 0 Å². The molecular formula is C18H21FN2O2S. The van der Waals surface area contributed by atoms with Crippen LogP contribution in [0.3, 0.4) is 0 Å². The van der Waals surface area contributed by atoms with Gasteiger partial charge in [-0.3, -0.25) is 9.69 Å². The van der Waals surface area contributed by atoms with Crippen molar-refractivity contribution in [2.45, 2.75) is 32.2 Å². The Morgan fingerprint density at radius 1 is 1.29 bits per heavy atom. The first kappa shape index (κ1) is 17.0. The normalized spacial score (nSPS) is 16.4. The summed E-state index contributed by atoms with van der Waals surface area (Å²) < 4.78 is 13.0. The van der Waals surface area contributed by atoms with Crippen LogP contribution in [0.15, 0.2) is 29.6 Å². The summed E-state index contributed by atoms with van der Waals surface area (Å²) in [4.78, 5) is 17.7. The highest BCUT2D eigenvalue weighted by molar-refractivity contribution is 7.09. The molecule has 1 aliphatic rings. The van der Waals surface area contributed by atoms with Crippen molar-refractivity contribution in [3.05, 3.63) is 40.5 Å². The third kappa shape index (κ3) is 4.61. The summed E-state index contributed by atoms with van der Waals surface area (Å²) in [6.45, 7) is 2.82. The summed E-state index contributed by atoms with van der Waals surface area (Å²) in [6, 6.07) is 6.41. The molecule has 128 valence electrons. The lowest BCUT2D eigenvalue weighted by molar-refractivity contribution is -0.137. The number of carbonyl (C=O) groups is 1. The Kier molecular flexibility index (Phi) is 5.58. The van der Waals surface area contributed by atoms with Crippen LogP contribution in [0.25, 0.3) is 11.3 Å². The van der Waals surface area contributed by atoms with Crippen molar-refractivity contribution in [3.8, 4) is 11.3 Å². The number of likely N-dealkylation sites (tertiary alicyclic amines) is 1. The number of benzene rings is 1. The topological polar surface area (TPSA) is 53.4 Å². The Morgan fingerprint density at radius 2 is 2.00 bits per heavy atom. The van der Waals surface area contributed by atoms with Crippen LogP contribution in [0.4, 0.5) is 4.39 Å². The lowest BCUT2D eigenvalue weighted by Crippen LogP contribution is -2.33. The van der Waals surface area contributed by atoms with Crippen LogP contribution in [0, 0.1) is 11.7 Å². The number of aliphatic carboxylic acids is 1. The highest BCUT2D eigenvalue weighted by atomic mass is 32.1. The fourth-order valence-corrected chi connectivity index (χ4v) is 3.93. The molecule has 0 amide bonds. The van der Waals surface area contributed by atoms with Gasteiger partial charge in [-0.25, -0.2) is 9.37 Å². The van der Waals surface area contributed by atoms with Crippen molar-refractivity contribution >= 4 is 17.3 Å². The lowest BCUT2D eigenvalue weighted by atomic mass is 9.92. The first-order valence-corrected chi connectivity index (χ1v) is 9.12. The van der Waals surface area contributed by atoms with Crippen molar-refractivity contribution in [1.29, 1.82) is 0 Å². The summed E-state index contributed by atoms with van der Waals surface area (Å²) in [5, 5.41) is 11.8. The maximum Gasteiger partial charge on any atom is 0.303 e. The van der Waals surface area contributed by atoms with Crippen LogP contribution in [0.2, 0.25) is 0 Å². The average molecular weight is 348 g/mol. The molecule has 0 bridgehead atoms. The molecule has 1 saturated heterocycles. The number of rotatable bonds is 6. The van der Waals surface area contributed by atoms with E-state index in [0.29, 0.717) is 5.92 Å². The molecule has 0 radical (unpaired) electrons. The second kappa shape index (κ2) is 7.85. The molecule has 24 heavy (non-hydrogen) atoms. The molecule has 0 atom stereocenters. The molecule has 1 aromatic carbocycles. The van der Waals surface area contributed by atoms with Crippen molar-refractivity contribution in [2.75, 3.05) is 13.1 Å². The molecule has 1 fully saturated rings. The predicted octanol–water partition coefficient (Wildman–Crippen LogP) is 4.03. The minimum absolute atomic E-state index is 0.236. The highest BCUT2D eigenvalue weighted by Crippen LogP contribution is 2.26. The van der Waals surface area contributed by atoms with E-state index in [4.69, 9.17) is 5.11 Å². The number of piperidine rings is 1. The zero-order valence-corrected chi connectivity index (χ0v) is 14.3. The second-order valence-corrected chi connectivity index (χ2v) is 7.23. The average Bonchev–Trinajstić information content (AvgIpc) is 3.03. The number of hydrogen-bond acceptors (Lipinski definition) is 4. The van der Waals surface area contributed by atoms with Gasteiger partial charge in [0.1, 0.15) is 10.8 Å². The zero-order chi connectivity index (χ0) is 16.9. The van der Waals surface area contributed by atoms with Gasteiger partial charge in [-0.2, -0.15) is 0 Å². The summed E-state index contributed by atoms with van der Waals surface area (Å²) in [6.07, 6.45) is 3.18. The van der Waals surface area contributed by atoms with E-state index >= 15 is 0 Å². The molecule has 2 aromatic rings. The number of aromatic nitrogens is 1. The van der Waals surface area contributed by atoms with E-state index in [9.17, 15) is 9.18 Å². The van der Waals surface area contributed by atoms with Gasteiger partial charge < -0.3 is 5.11 Å². The summed E-state index contributed by atoms with van der Waals surface area (Å²) in [5.74, 6) is -0.406. The van der Waals surface area contributed by atoms with Crippen LogP contribution in [0.5, 0.6) is 0 Å². The van der Waals surface area contributed by atoms with E-state index in [2.05, 4.69) is 9.88 Å². The molecule has 1 aliphatic heterocycles. The minimum Gasteiger partial charge on any atom is -0.481 e. The third-order valence-corrected chi connectivity index (χ3v) is 5.36. The van der Waals surface area contributed by atoms with Gasteiger partial charge >= 0.3 is 5.97 Å². The van der Waals surface area contributed by atoms with Crippen LogP contribution in [0.1, 0.15) is 30.7 Å². The molecule has 3 rings (SSSR count). The monoisotopic (exact) mass is 348 g/mol. The van der Waals surface area contributed by atoms with E-state index in [-0.39, 0.29) is 12.2 Å². The number of nitrogens with zero attached hydrogens (tertiary/aromatic N) is 2. The van der Waals surface area contributed by atoms with Gasteiger partial charge in [-0.05, 0) is 62.5 Å². The molecule has 2 heterocycles. The maximum absolute atomic E-state index is 13.0. The standard InChI is InChI=1S/C18H21FN2O2S/c19-15-4-2-14(3-5-15)16-12-24-17(20-16)11-21-9-7-13(8-10-21)1-6-18(22)23/h2-5,12-13H,1,6-11H2,(H,22,23). The van der Waals surface area contributed by atoms with Crippen molar-refractivity contribution in [3.63, 3.8) is 0 Å². The fraction of sp³-hybridized carbons (Fsp3) is 0.444. The molecule has 0 saturated carbocycles. The van der Waals surface area contributed by atoms with E-state index in [1.165, 1.54) is 12.1 Å². The zero-order valence-electron chi connectivity index (χ0n) is 13.4. The summed E-state index contributed by atoms with van der Waals surface area (Å²) >= 11 is 1.63. The van der Waals surface area contributed by atoms with Gasteiger partial charge in [-0.15, -0.1) is 11.3 Å². The molecule has 1 N–H and O–H groups in total. The van der Waals surface area contributed by atoms with Crippen molar-refractivity contribution in [1.82, 2.24) is 9.88 Å². The molecule has 6 heteroatoms. The molecule has 0 unspecified atom stereocenters. The van der Waals surface area contributed by atoms with E-state index in [1.54, 1.807) is 23.5 Å². The van der Waals surface area contributed by atoms with Crippen LogP contribution in [-0.4, -0.2) is 34.0 Å². The Hall–Kier alpha value is -1.79. The molecule has 1 aromatic heterocycles. The largest absolute Gasteiger partial charge is 0.481 e. The van der Waals surface area contributed by atoms with Crippen molar-refractivity contribution < 1.29 is 14.3 Å². The van der Waals surface area contributed by atoms with Gasteiger partial charge in [0, 0.05) is 17.4 Å². The van der Waals surface area contributed by atoms with E-state index in [0.717, 1.165) is 55.2 Å². The summed E-state index contributed by atoms with van der Waals surface area (Å²) in [7, 11) is 0. The quantitative estimate of drug-likeness (QED) is 0.856. The molecule has 0 aliphatic carbocycles. The number of carboxylic acid groups (broad SMARTS) is 1. The number of carboxylic acids is 1. The summed E-state index contributed by atoms with van der Waals surface area (Å²) in [5.41, 5.74) is 1.83. The van der Waals surface area contributed by atoms with Gasteiger partial charge in [0.25, 0.3) is 0 Å². The second-order valence-electron chi connectivity index (χ2n) is 6.29.